The van der Waals surface area contributed by atoms with Crippen LogP contribution in [0, 0.1) is 18.8 Å². The number of fused-ring (bicyclic) bond motifs is 1. The van der Waals surface area contributed by atoms with Crippen LogP contribution in [0.4, 0.5) is 5.82 Å². The number of aryl methyl sites for hydroxylation is 1. The van der Waals surface area contributed by atoms with Gasteiger partial charge in [0.1, 0.15) is 11.6 Å². The number of hydrogen-bond donors (Lipinski definition) is 0. The van der Waals surface area contributed by atoms with Crippen molar-refractivity contribution in [3.05, 3.63) is 30.1 Å². The van der Waals surface area contributed by atoms with Crippen LogP contribution in [0.25, 0.3) is 10.9 Å². The molecule has 0 bridgehead atoms. The molecule has 1 saturated carbocycles. The third kappa shape index (κ3) is 4.92. The zero-order valence-electron chi connectivity index (χ0n) is 15.3. The van der Waals surface area contributed by atoms with Crippen LogP contribution in [0.15, 0.2) is 24.3 Å². The van der Waals surface area contributed by atoms with Crippen LogP contribution >= 0.6 is 0 Å². The standard InChI is InChI=1S/C11H13N3.C9H18/c1-8-12-10-7-5-4-6-9(10)11(13-8)14(2)3;1-3-9-6-4-8(2)5-7-9/h4-7H,1-3H3;8-9H,3-7H2,1-2H3. The van der Waals surface area contributed by atoms with E-state index in [0.29, 0.717) is 0 Å². The first kappa shape index (κ1) is 17.7. The summed E-state index contributed by atoms with van der Waals surface area (Å²) < 4.78 is 0. The van der Waals surface area contributed by atoms with Crippen LogP contribution in [-0.4, -0.2) is 24.1 Å². The first-order chi connectivity index (χ1) is 11.0. The summed E-state index contributed by atoms with van der Waals surface area (Å²) in [6.07, 6.45) is 7.37. The van der Waals surface area contributed by atoms with E-state index in [0.717, 1.165) is 34.4 Å². The van der Waals surface area contributed by atoms with E-state index in [1.807, 2.05) is 50.2 Å². The molecule has 2 aromatic rings. The number of aromatic nitrogens is 2. The number of para-hydroxylation sites is 1. The maximum absolute atomic E-state index is 4.42. The predicted molar refractivity (Wildman–Crippen MR) is 100 cm³/mol. The van der Waals surface area contributed by atoms with Gasteiger partial charge in [-0.2, -0.15) is 0 Å². The van der Waals surface area contributed by atoms with Crippen LogP contribution in [0.3, 0.4) is 0 Å². The lowest BCUT2D eigenvalue weighted by atomic mass is 9.82. The first-order valence-electron chi connectivity index (χ1n) is 8.92. The molecular weight excluding hydrogens is 282 g/mol. The third-order valence-corrected chi connectivity index (χ3v) is 4.83. The second kappa shape index (κ2) is 8.28. The number of hydrogen-bond acceptors (Lipinski definition) is 3. The van der Waals surface area contributed by atoms with Crippen LogP contribution in [0.1, 0.15) is 51.8 Å². The van der Waals surface area contributed by atoms with Crippen molar-refractivity contribution < 1.29 is 0 Å². The molecule has 1 aliphatic carbocycles. The minimum Gasteiger partial charge on any atom is -0.362 e. The van der Waals surface area contributed by atoms with Crippen molar-refractivity contribution in [1.82, 2.24) is 9.97 Å². The van der Waals surface area contributed by atoms with Gasteiger partial charge < -0.3 is 4.90 Å². The van der Waals surface area contributed by atoms with E-state index < -0.39 is 0 Å². The molecule has 3 heteroatoms. The Hall–Kier alpha value is -1.64. The van der Waals surface area contributed by atoms with E-state index in [4.69, 9.17) is 0 Å². The van der Waals surface area contributed by atoms with Crippen LogP contribution in [-0.2, 0) is 0 Å². The summed E-state index contributed by atoms with van der Waals surface area (Å²) in [5, 5.41) is 1.10. The zero-order valence-corrected chi connectivity index (χ0v) is 15.3. The van der Waals surface area contributed by atoms with E-state index in [2.05, 4.69) is 23.8 Å². The van der Waals surface area contributed by atoms with Gasteiger partial charge in [-0.3, -0.25) is 0 Å². The molecule has 0 saturated heterocycles. The third-order valence-electron chi connectivity index (χ3n) is 4.83. The van der Waals surface area contributed by atoms with Gasteiger partial charge in [-0.25, -0.2) is 9.97 Å². The van der Waals surface area contributed by atoms with Crippen molar-refractivity contribution in [3.8, 4) is 0 Å². The molecule has 1 aromatic carbocycles. The van der Waals surface area contributed by atoms with Crippen LogP contribution in [0.2, 0.25) is 0 Å². The predicted octanol–water partition coefficient (Wildman–Crippen LogP) is 5.23. The first-order valence-corrected chi connectivity index (χ1v) is 8.92. The van der Waals surface area contributed by atoms with Crippen molar-refractivity contribution in [2.24, 2.45) is 11.8 Å². The van der Waals surface area contributed by atoms with E-state index in [-0.39, 0.29) is 0 Å². The fourth-order valence-electron chi connectivity index (χ4n) is 3.25. The lowest BCUT2D eigenvalue weighted by molar-refractivity contribution is 0.284. The summed E-state index contributed by atoms with van der Waals surface area (Å²) in [6, 6.07) is 8.06. The molecule has 1 aromatic heterocycles. The van der Waals surface area contributed by atoms with Crippen LogP contribution < -0.4 is 4.90 Å². The highest BCUT2D eigenvalue weighted by molar-refractivity contribution is 5.89. The Morgan fingerprint density at radius 3 is 2.30 bits per heavy atom. The van der Waals surface area contributed by atoms with Gasteiger partial charge in [0.2, 0.25) is 0 Å². The summed E-state index contributed by atoms with van der Waals surface area (Å²) in [5.74, 6) is 3.88. The second-order valence-electron chi connectivity index (χ2n) is 7.04. The summed E-state index contributed by atoms with van der Waals surface area (Å²) in [5.41, 5.74) is 1.00. The molecule has 3 nitrogen and oxygen atoms in total. The number of rotatable bonds is 2. The summed E-state index contributed by atoms with van der Waals surface area (Å²) >= 11 is 0. The molecule has 0 atom stereocenters. The van der Waals surface area contributed by atoms with E-state index in [9.17, 15) is 0 Å². The fraction of sp³-hybridized carbons (Fsp3) is 0.600. The SMILES string of the molecule is CCC1CCC(C)CC1.Cc1nc(N(C)C)c2ccccc2n1. The molecule has 0 spiro atoms. The summed E-state index contributed by atoms with van der Waals surface area (Å²) in [7, 11) is 3.99. The lowest BCUT2D eigenvalue weighted by Crippen LogP contribution is -2.12. The van der Waals surface area contributed by atoms with Crippen molar-refractivity contribution in [2.75, 3.05) is 19.0 Å². The van der Waals surface area contributed by atoms with Crippen molar-refractivity contribution in [1.29, 1.82) is 0 Å². The molecule has 0 unspecified atom stereocenters. The zero-order chi connectivity index (χ0) is 16.8. The molecule has 126 valence electrons. The molecule has 0 radical (unpaired) electrons. The maximum Gasteiger partial charge on any atom is 0.139 e. The van der Waals surface area contributed by atoms with Crippen molar-refractivity contribution in [2.45, 2.75) is 52.9 Å². The highest BCUT2D eigenvalue weighted by Crippen LogP contribution is 2.29. The van der Waals surface area contributed by atoms with Gasteiger partial charge in [-0.1, -0.05) is 58.1 Å². The highest BCUT2D eigenvalue weighted by Gasteiger charge is 2.15. The average Bonchev–Trinajstić information content (AvgIpc) is 2.55. The molecule has 0 N–H and O–H groups in total. The smallest absolute Gasteiger partial charge is 0.139 e. The molecule has 1 heterocycles. The minimum atomic E-state index is 0.812. The minimum absolute atomic E-state index is 0.812. The fourth-order valence-corrected chi connectivity index (χ4v) is 3.25. The van der Waals surface area contributed by atoms with Gasteiger partial charge in [0.25, 0.3) is 0 Å². The Morgan fingerprint density at radius 2 is 1.70 bits per heavy atom. The number of anilines is 1. The van der Waals surface area contributed by atoms with Gasteiger partial charge in [0.05, 0.1) is 5.52 Å². The van der Waals surface area contributed by atoms with Crippen LogP contribution in [0.5, 0.6) is 0 Å². The maximum atomic E-state index is 4.42. The van der Waals surface area contributed by atoms with Crippen molar-refractivity contribution in [3.63, 3.8) is 0 Å². The van der Waals surface area contributed by atoms with Gasteiger partial charge in [0.15, 0.2) is 0 Å². The molecule has 0 aliphatic heterocycles. The highest BCUT2D eigenvalue weighted by atomic mass is 15.1. The molecule has 23 heavy (non-hydrogen) atoms. The lowest BCUT2D eigenvalue weighted by Gasteiger charge is -2.24. The van der Waals surface area contributed by atoms with Gasteiger partial charge in [0, 0.05) is 19.5 Å². The van der Waals surface area contributed by atoms with Gasteiger partial charge in [-0.15, -0.1) is 0 Å². The molecule has 0 amide bonds. The Kier molecular flexibility index (Phi) is 6.37. The van der Waals surface area contributed by atoms with Gasteiger partial charge in [-0.05, 0) is 30.9 Å². The number of benzene rings is 1. The largest absolute Gasteiger partial charge is 0.362 e. The summed E-state index contributed by atoms with van der Waals surface area (Å²) in [4.78, 5) is 10.8. The number of nitrogens with zero attached hydrogens (tertiary/aromatic N) is 3. The Labute approximate surface area is 141 Å². The molecule has 3 rings (SSSR count). The van der Waals surface area contributed by atoms with E-state index in [1.54, 1.807) is 0 Å². The topological polar surface area (TPSA) is 29.0 Å². The van der Waals surface area contributed by atoms with E-state index >= 15 is 0 Å². The molecule has 1 fully saturated rings. The Bertz CT molecular complexity index is 613. The second-order valence-corrected chi connectivity index (χ2v) is 7.04. The van der Waals surface area contributed by atoms with Crippen molar-refractivity contribution >= 4 is 16.7 Å². The molecular formula is C20H31N3. The quantitative estimate of drug-likeness (QED) is 0.760. The Morgan fingerprint density at radius 1 is 1.04 bits per heavy atom. The van der Waals surface area contributed by atoms with E-state index in [1.165, 1.54) is 32.1 Å². The Balaban J connectivity index is 0.000000185. The monoisotopic (exact) mass is 313 g/mol. The normalized spacial score (nSPS) is 20.7. The average molecular weight is 313 g/mol. The molecule has 1 aliphatic rings. The summed E-state index contributed by atoms with van der Waals surface area (Å²) in [6.45, 7) is 6.62. The van der Waals surface area contributed by atoms with Gasteiger partial charge >= 0.3 is 0 Å².